The molecule has 1 aliphatic carbocycles. The molecule has 1 heteroatoms. The van der Waals surface area contributed by atoms with Crippen LogP contribution in [0.15, 0.2) is 58.7 Å². The molecule has 0 aliphatic heterocycles. The van der Waals surface area contributed by atoms with Gasteiger partial charge in [-0.2, -0.15) is 0 Å². The molecule has 0 radical (unpaired) electrons. The smallest absolute Gasteiger partial charge is 0.0130 e. The number of benzene rings is 1. The molecule has 1 aromatic carbocycles. The Kier molecular flexibility index (Phi) is 3.78. The van der Waals surface area contributed by atoms with Gasteiger partial charge >= 0.3 is 0 Å². The standard InChI is InChI=1S/C15H13I/c1-2-6-12-7-3-4-10-15(12)13-8-5-9-14(16)11-13/h2-7,9-11H,1,8H2/b12-6-,15-13+. The first-order valence-corrected chi connectivity index (χ1v) is 6.34. The molecule has 0 atom stereocenters. The van der Waals surface area contributed by atoms with E-state index in [1.165, 1.54) is 19.6 Å². The van der Waals surface area contributed by atoms with Crippen molar-refractivity contribution in [3.8, 4) is 0 Å². The van der Waals surface area contributed by atoms with Gasteiger partial charge in [0, 0.05) is 3.58 Å². The van der Waals surface area contributed by atoms with Gasteiger partial charge in [-0.05, 0) is 51.1 Å². The fourth-order valence-electron chi connectivity index (χ4n) is 1.82. The molecule has 0 nitrogen and oxygen atoms in total. The van der Waals surface area contributed by atoms with Crippen molar-refractivity contribution in [1.82, 2.24) is 0 Å². The predicted octanol–water partition coefficient (Wildman–Crippen LogP) is 3.08. The molecule has 0 spiro atoms. The van der Waals surface area contributed by atoms with Gasteiger partial charge in [0.1, 0.15) is 0 Å². The first-order valence-electron chi connectivity index (χ1n) is 5.26. The molecule has 0 N–H and O–H groups in total. The molecule has 0 unspecified atom stereocenters. The summed E-state index contributed by atoms with van der Waals surface area (Å²) in [5.74, 6) is 0. The Bertz CT molecular complexity index is 574. The van der Waals surface area contributed by atoms with Crippen LogP contribution in [0, 0.1) is 0 Å². The number of hydrogen-bond acceptors (Lipinski definition) is 0. The van der Waals surface area contributed by atoms with Crippen molar-refractivity contribution in [2.75, 3.05) is 0 Å². The molecular formula is C15H13I. The quantitative estimate of drug-likeness (QED) is 0.698. The first kappa shape index (κ1) is 11.4. The molecule has 0 saturated heterocycles. The van der Waals surface area contributed by atoms with Crippen LogP contribution in [0.5, 0.6) is 0 Å². The van der Waals surface area contributed by atoms with Gasteiger partial charge in [0.2, 0.25) is 0 Å². The lowest BCUT2D eigenvalue weighted by Gasteiger charge is -2.05. The Balaban J connectivity index is 2.73. The van der Waals surface area contributed by atoms with Crippen LogP contribution < -0.4 is 10.4 Å². The van der Waals surface area contributed by atoms with Crippen molar-refractivity contribution in [2.45, 2.75) is 6.42 Å². The molecule has 0 amide bonds. The van der Waals surface area contributed by atoms with Crippen molar-refractivity contribution in [3.63, 3.8) is 0 Å². The second kappa shape index (κ2) is 5.30. The summed E-state index contributed by atoms with van der Waals surface area (Å²) in [5.41, 5.74) is 1.38. The fourth-order valence-corrected chi connectivity index (χ4v) is 2.45. The van der Waals surface area contributed by atoms with Gasteiger partial charge in [-0.3, -0.25) is 0 Å². The molecule has 0 fully saturated rings. The summed E-state index contributed by atoms with van der Waals surface area (Å²) in [6, 6.07) is 8.45. The zero-order valence-corrected chi connectivity index (χ0v) is 11.1. The SMILES string of the molecule is C=C/C=c1/cccc/c1=C1\C=C(I)C=CC1. The van der Waals surface area contributed by atoms with Crippen molar-refractivity contribution in [1.29, 1.82) is 0 Å². The molecule has 16 heavy (non-hydrogen) atoms. The maximum absolute atomic E-state index is 3.76. The van der Waals surface area contributed by atoms with Crippen molar-refractivity contribution < 1.29 is 0 Å². The molecule has 0 saturated carbocycles. The lowest BCUT2D eigenvalue weighted by atomic mass is 10.0. The fraction of sp³-hybridized carbons (Fsp3) is 0.0667. The average Bonchev–Trinajstić information content (AvgIpc) is 2.30. The highest BCUT2D eigenvalue weighted by Gasteiger charge is 2.00. The van der Waals surface area contributed by atoms with E-state index >= 15 is 0 Å². The highest BCUT2D eigenvalue weighted by atomic mass is 127. The lowest BCUT2D eigenvalue weighted by molar-refractivity contribution is 1.35. The zero-order valence-electron chi connectivity index (χ0n) is 8.99. The Labute approximate surface area is 110 Å². The van der Waals surface area contributed by atoms with Gasteiger partial charge in [-0.1, -0.05) is 55.1 Å². The van der Waals surface area contributed by atoms with Crippen LogP contribution in [0.3, 0.4) is 0 Å². The van der Waals surface area contributed by atoms with Gasteiger partial charge in [0.15, 0.2) is 0 Å². The number of allylic oxidation sites excluding steroid dienone is 5. The Morgan fingerprint density at radius 1 is 1.25 bits per heavy atom. The first-order chi connectivity index (χ1) is 7.81. The van der Waals surface area contributed by atoms with Gasteiger partial charge in [0.05, 0.1) is 0 Å². The molecule has 2 rings (SSSR count). The summed E-state index contributed by atoms with van der Waals surface area (Å²) < 4.78 is 1.28. The summed E-state index contributed by atoms with van der Waals surface area (Å²) in [7, 11) is 0. The third-order valence-electron chi connectivity index (χ3n) is 2.53. The summed E-state index contributed by atoms with van der Waals surface area (Å²) in [6.07, 6.45) is 11.5. The van der Waals surface area contributed by atoms with Gasteiger partial charge in [-0.15, -0.1) is 0 Å². The van der Waals surface area contributed by atoms with E-state index in [9.17, 15) is 0 Å². The van der Waals surface area contributed by atoms with Crippen LogP contribution in [0.25, 0.3) is 11.6 Å². The van der Waals surface area contributed by atoms with E-state index in [4.69, 9.17) is 0 Å². The van der Waals surface area contributed by atoms with Crippen LogP contribution in [0.2, 0.25) is 0 Å². The lowest BCUT2D eigenvalue weighted by Crippen LogP contribution is -2.26. The van der Waals surface area contributed by atoms with Gasteiger partial charge < -0.3 is 0 Å². The Morgan fingerprint density at radius 3 is 2.81 bits per heavy atom. The maximum Gasteiger partial charge on any atom is 0.0130 e. The second-order valence-corrected chi connectivity index (χ2v) is 4.90. The molecule has 0 aromatic heterocycles. The summed E-state index contributed by atoms with van der Waals surface area (Å²) in [6.45, 7) is 3.76. The van der Waals surface area contributed by atoms with Crippen LogP contribution in [0.1, 0.15) is 6.42 Å². The maximum atomic E-state index is 3.76. The van der Waals surface area contributed by atoms with E-state index in [2.05, 4.69) is 77.7 Å². The van der Waals surface area contributed by atoms with Crippen LogP contribution in [0.4, 0.5) is 0 Å². The molecule has 1 aromatic rings. The number of hydrogen-bond donors (Lipinski definition) is 0. The molecule has 1 aliphatic rings. The highest BCUT2D eigenvalue weighted by molar-refractivity contribution is 14.1. The van der Waals surface area contributed by atoms with E-state index in [0.29, 0.717) is 0 Å². The normalized spacial score (nSPS) is 19.6. The van der Waals surface area contributed by atoms with Crippen molar-refractivity contribution in [3.05, 3.63) is 69.2 Å². The van der Waals surface area contributed by atoms with Crippen LogP contribution in [-0.2, 0) is 0 Å². The van der Waals surface area contributed by atoms with E-state index in [-0.39, 0.29) is 0 Å². The summed E-state index contributed by atoms with van der Waals surface area (Å²) >= 11 is 2.35. The number of rotatable bonds is 1. The molecule has 0 bridgehead atoms. The topological polar surface area (TPSA) is 0 Å². The summed E-state index contributed by atoms with van der Waals surface area (Å²) in [5, 5.41) is 2.55. The van der Waals surface area contributed by atoms with Crippen LogP contribution in [-0.4, -0.2) is 0 Å². The van der Waals surface area contributed by atoms with E-state index < -0.39 is 0 Å². The predicted molar refractivity (Wildman–Crippen MR) is 79.6 cm³/mol. The van der Waals surface area contributed by atoms with E-state index in [0.717, 1.165) is 6.42 Å². The van der Waals surface area contributed by atoms with E-state index in [1.807, 2.05) is 6.08 Å². The zero-order chi connectivity index (χ0) is 11.4. The third-order valence-corrected chi connectivity index (χ3v) is 3.20. The average molecular weight is 320 g/mol. The monoisotopic (exact) mass is 320 g/mol. The van der Waals surface area contributed by atoms with E-state index in [1.54, 1.807) is 0 Å². The molecular weight excluding hydrogens is 307 g/mol. The van der Waals surface area contributed by atoms with Gasteiger partial charge in [0.25, 0.3) is 0 Å². The Hall–Kier alpha value is -1.09. The minimum Gasteiger partial charge on any atom is -0.0990 e. The van der Waals surface area contributed by atoms with Gasteiger partial charge in [-0.25, -0.2) is 0 Å². The minimum absolute atomic E-state index is 1.01. The highest BCUT2D eigenvalue weighted by Crippen LogP contribution is 2.19. The largest absolute Gasteiger partial charge is 0.0990 e. The van der Waals surface area contributed by atoms with Crippen molar-refractivity contribution in [2.24, 2.45) is 0 Å². The molecule has 0 heterocycles. The van der Waals surface area contributed by atoms with Crippen molar-refractivity contribution >= 4 is 34.2 Å². The third kappa shape index (κ3) is 2.53. The second-order valence-electron chi connectivity index (χ2n) is 3.65. The van der Waals surface area contributed by atoms with Crippen LogP contribution >= 0.6 is 22.6 Å². The number of halogens is 1. The minimum atomic E-state index is 1.01. The molecule has 80 valence electrons. The Morgan fingerprint density at radius 2 is 2.06 bits per heavy atom. The summed E-state index contributed by atoms with van der Waals surface area (Å²) in [4.78, 5) is 0.